The first kappa shape index (κ1) is 21.8. The van der Waals surface area contributed by atoms with Crippen LogP contribution in [0, 0.1) is 13.8 Å². The number of rotatable bonds is 6. The van der Waals surface area contributed by atoms with Gasteiger partial charge in [-0.25, -0.2) is 15.0 Å². The monoisotopic (exact) mass is 453 g/mol. The van der Waals surface area contributed by atoms with Crippen LogP contribution in [0.15, 0.2) is 66.0 Å². The van der Waals surface area contributed by atoms with Gasteiger partial charge in [-0.1, -0.05) is 6.07 Å². The predicted molar refractivity (Wildman–Crippen MR) is 134 cm³/mol. The van der Waals surface area contributed by atoms with Crippen LogP contribution in [0.5, 0.6) is 11.5 Å². The first-order valence-corrected chi connectivity index (χ1v) is 11.4. The van der Waals surface area contributed by atoms with Crippen molar-refractivity contribution in [2.24, 2.45) is 4.99 Å². The lowest BCUT2D eigenvalue weighted by atomic mass is 10.1. The lowest BCUT2D eigenvalue weighted by Crippen LogP contribution is -2.15. The van der Waals surface area contributed by atoms with Crippen LogP contribution in [0.3, 0.4) is 0 Å². The Kier molecular flexibility index (Phi) is 5.84. The van der Waals surface area contributed by atoms with E-state index in [1.165, 1.54) is 0 Å². The van der Waals surface area contributed by atoms with Crippen molar-refractivity contribution in [1.82, 2.24) is 15.0 Å². The molecule has 0 unspecified atom stereocenters. The number of fused-ring (bicyclic) bond motifs is 1. The van der Waals surface area contributed by atoms with Gasteiger partial charge in [-0.2, -0.15) is 0 Å². The molecule has 3 heterocycles. The number of nitrogens with one attached hydrogen (secondary N) is 1. The van der Waals surface area contributed by atoms with Gasteiger partial charge in [0.1, 0.15) is 29.7 Å². The Hall–Kier alpha value is -4.00. The second kappa shape index (κ2) is 9.09. The molecule has 0 fully saturated rings. The molecule has 0 bridgehead atoms. The Balaban J connectivity index is 1.37. The summed E-state index contributed by atoms with van der Waals surface area (Å²) in [6.45, 7) is 8.09. The number of pyridine rings is 1. The van der Waals surface area contributed by atoms with Crippen molar-refractivity contribution in [3.63, 3.8) is 0 Å². The summed E-state index contributed by atoms with van der Waals surface area (Å²) in [5, 5.41) is 4.39. The van der Waals surface area contributed by atoms with E-state index in [1.807, 2.05) is 57.2 Å². The summed E-state index contributed by atoms with van der Waals surface area (Å²) in [6, 6.07) is 16.2. The van der Waals surface area contributed by atoms with E-state index in [1.54, 1.807) is 12.5 Å². The number of hydrogen-bond acceptors (Lipinski definition) is 7. The summed E-state index contributed by atoms with van der Waals surface area (Å²) in [5.74, 6) is 3.02. The van der Waals surface area contributed by atoms with Crippen LogP contribution in [0.1, 0.15) is 30.7 Å². The largest absolute Gasteiger partial charge is 0.475 e. The lowest BCUT2D eigenvalue weighted by molar-refractivity contribution is 0.214. The molecule has 0 amide bonds. The van der Waals surface area contributed by atoms with E-state index in [2.05, 4.69) is 44.3 Å². The van der Waals surface area contributed by atoms with Gasteiger partial charge in [0.05, 0.1) is 17.8 Å². The Bertz CT molecular complexity index is 1370. The van der Waals surface area contributed by atoms with E-state index >= 15 is 0 Å². The summed E-state index contributed by atoms with van der Waals surface area (Å²) >= 11 is 0. The zero-order valence-electron chi connectivity index (χ0n) is 19.7. The van der Waals surface area contributed by atoms with Gasteiger partial charge in [-0.3, -0.25) is 4.98 Å². The van der Waals surface area contributed by atoms with Crippen molar-refractivity contribution in [3.05, 3.63) is 77.9 Å². The number of benzene rings is 2. The van der Waals surface area contributed by atoms with Crippen LogP contribution in [0.4, 0.5) is 11.5 Å². The van der Waals surface area contributed by atoms with E-state index in [9.17, 15) is 0 Å². The van der Waals surface area contributed by atoms with Crippen molar-refractivity contribution in [2.45, 2.75) is 46.3 Å². The standard InChI is InChI=1S/C27H27N5O2/c1-16-11-21(7-10-25(16)34-22-8-5-17(2)28-14-22)32-27-23-12-20(6-9-24(23)29-15-30-27)13-26-31-18(3)19(4)33-26/h5-12,14-15,18-19H,13H2,1-4H3,(H,29,30,32)/t18-,19-/m0/s1. The van der Waals surface area contributed by atoms with Gasteiger partial charge < -0.3 is 14.8 Å². The van der Waals surface area contributed by atoms with Gasteiger partial charge in [0.15, 0.2) is 5.90 Å². The molecule has 2 aromatic carbocycles. The van der Waals surface area contributed by atoms with E-state index in [-0.39, 0.29) is 12.1 Å². The molecule has 0 saturated heterocycles. The smallest absolute Gasteiger partial charge is 0.188 e. The molecule has 0 spiro atoms. The molecule has 0 saturated carbocycles. The molecule has 4 aromatic rings. The molecule has 1 N–H and O–H groups in total. The summed E-state index contributed by atoms with van der Waals surface area (Å²) in [4.78, 5) is 17.8. The number of aryl methyl sites for hydroxylation is 2. The van der Waals surface area contributed by atoms with Crippen LogP contribution < -0.4 is 10.1 Å². The highest BCUT2D eigenvalue weighted by atomic mass is 16.5. The third-order valence-electron chi connectivity index (χ3n) is 5.95. The molecule has 0 radical (unpaired) electrons. The molecule has 2 atom stereocenters. The second-order valence-electron chi connectivity index (χ2n) is 8.68. The molecule has 7 heteroatoms. The number of hydrogen-bond donors (Lipinski definition) is 1. The molecule has 1 aliphatic rings. The van der Waals surface area contributed by atoms with Crippen LogP contribution in [-0.4, -0.2) is 33.0 Å². The topological polar surface area (TPSA) is 81.5 Å². The quantitative estimate of drug-likeness (QED) is 0.390. The zero-order valence-corrected chi connectivity index (χ0v) is 19.7. The first-order chi connectivity index (χ1) is 16.4. The van der Waals surface area contributed by atoms with Crippen molar-refractivity contribution in [3.8, 4) is 11.5 Å². The third kappa shape index (κ3) is 4.69. The fraction of sp³-hybridized carbons (Fsp3) is 0.259. The van der Waals surface area contributed by atoms with E-state index in [4.69, 9.17) is 9.47 Å². The minimum atomic E-state index is 0.119. The third-order valence-corrected chi connectivity index (χ3v) is 5.95. The molecule has 1 aliphatic heterocycles. The molecule has 2 aromatic heterocycles. The summed E-state index contributed by atoms with van der Waals surface area (Å²) in [7, 11) is 0. The van der Waals surface area contributed by atoms with Crippen molar-refractivity contribution >= 4 is 28.3 Å². The predicted octanol–water partition coefficient (Wildman–Crippen LogP) is 5.93. The van der Waals surface area contributed by atoms with Crippen LogP contribution in [-0.2, 0) is 11.2 Å². The van der Waals surface area contributed by atoms with Gasteiger partial charge in [0, 0.05) is 23.2 Å². The van der Waals surface area contributed by atoms with E-state index in [0.717, 1.165) is 50.9 Å². The van der Waals surface area contributed by atoms with Crippen molar-refractivity contribution < 1.29 is 9.47 Å². The highest BCUT2D eigenvalue weighted by Gasteiger charge is 2.23. The van der Waals surface area contributed by atoms with Gasteiger partial charge in [-0.15, -0.1) is 0 Å². The van der Waals surface area contributed by atoms with Gasteiger partial charge in [-0.05, 0) is 81.3 Å². The Labute approximate surface area is 198 Å². The van der Waals surface area contributed by atoms with Crippen LogP contribution >= 0.6 is 0 Å². The lowest BCUT2D eigenvalue weighted by Gasteiger charge is -2.13. The van der Waals surface area contributed by atoms with Gasteiger partial charge in [0.2, 0.25) is 0 Å². The normalized spacial score (nSPS) is 17.4. The fourth-order valence-corrected chi connectivity index (χ4v) is 3.87. The molecule has 7 nitrogen and oxygen atoms in total. The SMILES string of the molecule is Cc1ccc(Oc2ccc(Nc3ncnc4ccc(CC5=N[C@@H](C)[C@H](C)O5)cc34)cc2C)cn1. The van der Waals surface area contributed by atoms with Crippen molar-refractivity contribution in [2.75, 3.05) is 5.32 Å². The second-order valence-corrected chi connectivity index (χ2v) is 8.68. The Morgan fingerprint density at radius 2 is 1.85 bits per heavy atom. The zero-order chi connectivity index (χ0) is 23.7. The number of anilines is 2. The van der Waals surface area contributed by atoms with E-state index < -0.39 is 0 Å². The Morgan fingerprint density at radius 3 is 2.59 bits per heavy atom. The van der Waals surface area contributed by atoms with Gasteiger partial charge in [0.25, 0.3) is 0 Å². The molecule has 0 aliphatic carbocycles. The summed E-state index contributed by atoms with van der Waals surface area (Å²) < 4.78 is 11.9. The molecule has 34 heavy (non-hydrogen) atoms. The summed E-state index contributed by atoms with van der Waals surface area (Å²) in [5.41, 5.74) is 4.86. The van der Waals surface area contributed by atoms with E-state index in [0.29, 0.717) is 12.2 Å². The van der Waals surface area contributed by atoms with Gasteiger partial charge >= 0.3 is 0 Å². The van der Waals surface area contributed by atoms with Crippen molar-refractivity contribution in [1.29, 1.82) is 0 Å². The highest BCUT2D eigenvalue weighted by molar-refractivity contribution is 5.92. The maximum Gasteiger partial charge on any atom is 0.188 e. The Morgan fingerprint density at radius 1 is 0.971 bits per heavy atom. The molecular formula is C27H27N5O2. The first-order valence-electron chi connectivity index (χ1n) is 11.4. The summed E-state index contributed by atoms with van der Waals surface area (Å²) in [6.07, 6.45) is 4.08. The maximum absolute atomic E-state index is 5.99. The minimum absolute atomic E-state index is 0.119. The van der Waals surface area contributed by atoms with Crippen LogP contribution in [0.25, 0.3) is 10.9 Å². The average Bonchev–Trinajstić information content (AvgIpc) is 3.14. The molecule has 172 valence electrons. The number of ether oxygens (including phenoxy) is 2. The maximum atomic E-state index is 5.99. The fourth-order valence-electron chi connectivity index (χ4n) is 3.87. The number of nitrogens with zero attached hydrogens (tertiary/aromatic N) is 4. The molecule has 5 rings (SSSR count). The molecular weight excluding hydrogens is 426 g/mol. The minimum Gasteiger partial charge on any atom is -0.475 e. The van der Waals surface area contributed by atoms with Crippen LogP contribution in [0.2, 0.25) is 0 Å². The average molecular weight is 454 g/mol. The number of aromatic nitrogens is 3. The highest BCUT2D eigenvalue weighted by Crippen LogP contribution is 2.30. The number of aliphatic imine (C=N–C) groups is 1.